The Morgan fingerprint density at radius 1 is 0.147 bits per heavy atom. The van der Waals surface area contributed by atoms with Crippen LogP contribution in [0.15, 0.2) is 565 Å². The summed E-state index contributed by atoms with van der Waals surface area (Å²) in [6, 6.07) is 194. The highest BCUT2D eigenvalue weighted by Crippen LogP contribution is 2.47. The van der Waals surface area contributed by atoms with Crippen molar-refractivity contribution in [2.24, 2.45) is 0 Å². The summed E-state index contributed by atoms with van der Waals surface area (Å²) in [4.78, 5) is 15.9. The van der Waals surface area contributed by atoms with Crippen LogP contribution in [0.25, 0.3) is 154 Å². The van der Waals surface area contributed by atoms with Crippen LogP contribution in [0.2, 0.25) is 0 Å². The van der Waals surface area contributed by atoms with Crippen molar-refractivity contribution < 1.29 is 0 Å². The number of anilines is 9. The van der Waals surface area contributed by atoms with Crippen LogP contribution in [0, 0.1) is 0 Å². The third kappa shape index (κ3) is 18.9. The standard InChI is InChI=1S/C48H33NS.2C41H30N2/c1-3-12-34(13-4-1)36-22-28-39(29-23-36)49(40-30-24-37(25-31-40)35-14-5-2-6-15-35)41-32-26-38(27-33-41)42-16-7-8-17-43(42)45-19-11-20-46-44-18-9-10-21-47(44)50-48(45)46;1-3-11-31(12-4-1)33-18-24-36(25-19-33)43(37-26-20-34(21-27-37)32-13-5-2-6-14-32)38-28-22-35(23-29-38)39-15-7-8-16-40(39)41-17-9-10-30-42-41;1-3-10-31(11-4-1)33-17-23-37(24-18-33)43(38-25-19-34(20-26-38)32-12-5-2-6-13-32)39-27-21-35(22-28-39)40-15-7-8-16-41(40)36-14-9-29-42-30-36/h1-33H;2*1-30H. The number of hydrogen-bond donors (Lipinski definition) is 0. The second kappa shape index (κ2) is 40.4. The molecule has 0 radical (unpaired) electrons. The molecule has 20 aromatic carbocycles. The lowest BCUT2D eigenvalue weighted by molar-refractivity contribution is 1.28. The molecule has 644 valence electrons. The molecule has 0 bridgehead atoms. The number of pyridine rings is 2. The zero-order chi connectivity index (χ0) is 91.0. The van der Waals surface area contributed by atoms with E-state index in [4.69, 9.17) is 0 Å². The monoisotopic (exact) mass is 1760 g/mol. The lowest BCUT2D eigenvalue weighted by atomic mass is 9.93. The van der Waals surface area contributed by atoms with E-state index in [1.54, 1.807) is 0 Å². The molecule has 0 unspecified atom stereocenters. The van der Waals surface area contributed by atoms with Crippen LogP contribution in [-0.4, -0.2) is 9.97 Å². The maximum absolute atomic E-state index is 4.61. The van der Waals surface area contributed by atoms with Crippen molar-refractivity contribution in [1.29, 1.82) is 0 Å². The molecule has 5 nitrogen and oxygen atoms in total. The van der Waals surface area contributed by atoms with Gasteiger partial charge in [-0.2, -0.15) is 0 Å². The van der Waals surface area contributed by atoms with E-state index in [9.17, 15) is 0 Å². The van der Waals surface area contributed by atoms with Crippen LogP contribution >= 0.6 is 11.3 Å². The summed E-state index contributed by atoms with van der Waals surface area (Å²) >= 11 is 1.88. The molecule has 0 spiro atoms. The zero-order valence-electron chi connectivity index (χ0n) is 74.8. The average Bonchev–Trinajstić information content (AvgIpc) is 1.60. The maximum atomic E-state index is 4.61. The molecule has 0 aliphatic carbocycles. The lowest BCUT2D eigenvalue weighted by Crippen LogP contribution is -2.09. The van der Waals surface area contributed by atoms with Crippen LogP contribution < -0.4 is 14.7 Å². The molecule has 3 heterocycles. The fourth-order valence-electron chi connectivity index (χ4n) is 18.2. The number of rotatable bonds is 21. The first-order valence-corrected chi connectivity index (χ1v) is 46.9. The van der Waals surface area contributed by atoms with E-state index in [-0.39, 0.29) is 0 Å². The molecule has 0 saturated carbocycles. The molecule has 0 fully saturated rings. The molecule has 23 rings (SSSR count). The van der Waals surface area contributed by atoms with Crippen molar-refractivity contribution in [2.45, 2.75) is 0 Å². The molecular weight excluding hydrogens is 1660 g/mol. The number of benzene rings is 20. The molecule has 0 atom stereocenters. The summed E-state index contributed by atoms with van der Waals surface area (Å²) in [6.07, 6.45) is 5.58. The quantitative estimate of drug-likeness (QED) is 0.0716. The second-order valence-electron chi connectivity index (χ2n) is 33.5. The van der Waals surface area contributed by atoms with Gasteiger partial charge in [-0.1, -0.05) is 413 Å². The summed E-state index contributed by atoms with van der Waals surface area (Å²) < 4.78 is 2.66. The Morgan fingerprint density at radius 2 is 0.382 bits per heavy atom. The molecule has 0 aliphatic rings. The summed E-state index contributed by atoms with van der Waals surface area (Å²) in [6.45, 7) is 0. The van der Waals surface area contributed by atoms with Gasteiger partial charge in [-0.15, -0.1) is 11.3 Å². The lowest BCUT2D eigenvalue weighted by Gasteiger charge is -2.26. The Morgan fingerprint density at radius 3 is 0.691 bits per heavy atom. The Labute approximate surface area is 799 Å². The van der Waals surface area contributed by atoms with Crippen LogP contribution in [-0.2, 0) is 0 Å². The first-order valence-electron chi connectivity index (χ1n) is 46.1. The number of nitrogens with zero attached hydrogens (tertiary/aromatic N) is 5. The van der Waals surface area contributed by atoms with E-state index in [0.717, 1.165) is 73.6 Å². The smallest absolute Gasteiger partial charge is 0.0708 e. The van der Waals surface area contributed by atoms with E-state index in [1.807, 2.05) is 48.1 Å². The van der Waals surface area contributed by atoms with E-state index in [1.165, 1.54) is 131 Å². The van der Waals surface area contributed by atoms with Gasteiger partial charge in [0.2, 0.25) is 0 Å². The van der Waals surface area contributed by atoms with Gasteiger partial charge in [0.1, 0.15) is 0 Å². The first-order chi connectivity index (χ1) is 67.5. The molecule has 136 heavy (non-hydrogen) atoms. The molecular formula is C130H93N5S. The van der Waals surface area contributed by atoms with Crippen LogP contribution in [0.1, 0.15) is 0 Å². The molecule has 0 N–H and O–H groups in total. The van der Waals surface area contributed by atoms with Crippen molar-refractivity contribution in [3.8, 4) is 134 Å². The molecule has 0 amide bonds. The fraction of sp³-hybridized carbons (Fsp3) is 0. The number of thiophene rings is 1. The summed E-state index contributed by atoms with van der Waals surface area (Å²) in [7, 11) is 0. The third-order valence-electron chi connectivity index (χ3n) is 25.1. The van der Waals surface area contributed by atoms with Crippen molar-refractivity contribution in [2.75, 3.05) is 14.7 Å². The number of fused-ring (bicyclic) bond motifs is 3. The zero-order valence-corrected chi connectivity index (χ0v) is 75.7. The Balaban J connectivity index is 0.000000123. The minimum absolute atomic E-state index is 0.973. The van der Waals surface area contributed by atoms with Crippen LogP contribution in [0.5, 0.6) is 0 Å². The Kier molecular flexibility index (Phi) is 25.3. The summed E-state index contributed by atoms with van der Waals surface area (Å²) in [5.41, 5.74) is 38.5. The normalized spacial score (nSPS) is 10.9. The number of hydrogen-bond acceptors (Lipinski definition) is 6. The Bertz CT molecular complexity index is 7340. The molecule has 3 aromatic heterocycles. The number of aromatic nitrogens is 2. The van der Waals surface area contributed by atoms with E-state index in [0.29, 0.717) is 0 Å². The van der Waals surface area contributed by atoms with Gasteiger partial charge in [-0.25, -0.2) is 0 Å². The van der Waals surface area contributed by atoms with Gasteiger partial charge in [0.25, 0.3) is 0 Å². The molecule has 0 aliphatic heterocycles. The van der Waals surface area contributed by atoms with Gasteiger partial charge >= 0.3 is 0 Å². The van der Waals surface area contributed by atoms with Crippen molar-refractivity contribution in [3.05, 3.63) is 565 Å². The van der Waals surface area contributed by atoms with Crippen molar-refractivity contribution >= 4 is 82.7 Å². The largest absolute Gasteiger partial charge is 0.311 e. The average molecular weight is 1760 g/mol. The minimum atomic E-state index is 0.973. The highest BCUT2D eigenvalue weighted by atomic mass is 32.1. The predicted molar refractivity (Wildman–Crippen MR) is 577 cm³/mol. The van der Waals surface area contributed by atoms with E-state index >= 15 is 0 Å². The molecule has 6 heteroatoms. The van der Waals surface area contributed by atoms with Gasteiger partial charge in [0.05, 0.1) is 5.69 Å². The van der Waals surface area contributed by atoms with Crippen molar-refractivity contribution in [3.63, 3.8) is 0 Å². The summed E-state index contributed by atoms with van der Waals surface area (Å²) in [5, 5.41) is 2.64. The van der Waals surface area contributed by atoms with Crippen molar-refractivity contribution in [1.82, 2.24) is 9.97 Å². The third-order valence-corrected chi connectivity index (χ3v) is 26.3. The highest BCUT2D eigenvalue weighted by molar-refractivity contribution is 7.26. The molecule has 0 saturated heterocycles. The van der Waals surface area contributed by atoms with E-state index < -0.39 is 0 Å². The van der Waals surface area contributed by atoms with Gasteiger partial charge in [0.15, 0.2) is 0 Å². The first kappa shape index (κ1) is 85.1. The topological polar surface area (TPSA) is 35.5 Å². The summed E-state index contributed by atoms with van der Waals surface area (Å²) in [5.74, 6) is 0. The van der Waals surface area contributed by atoms with Gasteiger partial charge in [-0.3, -0.25) is 9.97 Å². The van der Waals surface area contributed by atoms with Crippen LogP contribution in [0.4, 0.5) is 51.2 Å². The predicted octanol–water partition coefficient (Wildman–Crippen LogP) is 36.6. The Hall–Kier alpha value is -17.7. The molecule has 23 aromatic rings. The van der Waals surface area contributed by atoms with Gasteiger partial charge < -0.3 is 14.7 Å². The minimum Gasteiger partial charge on any atom is -0.311 e. The van der Waals surface area contributed by atoms with Crippen LogP contribution in [0.3, 0.4) is 0 Å². The maximum Gasteiger partial charge on any atom is 0.0708 e. The second-order valence-corrected chi connectivity index (χ2v) is 34.6. The highest BCUT2D eigenvalue weighted by Gasteiger charge is 2.22. The van der Waals surface area contributed by atoms with Gasteiger partial charge in [0, 0.05) is 107 Å². The SMILES string of the molecule is c1ccc(-c2ccc(N(c3ccc(-c4ccccc4)cc3)c3ccc(-c4ccccc4-c4cccc5c4sc4ccccc45)cc3)cc2)cc1.c1ccc(-c2ccc(N(c3ccc(-c4ccccc4)cc3)c3ccc(-c4ccccc4-c4ccccn4)cc3)cc2)cc1.c1ccc(-c2ccc(N(c3ccc(-c4ccccc4)cc3)c3ccc(-c4ccccc4-c4cccnc4)cc3)cc2)cc1. The van der Waals surface area contributed by atoms with E-state index in [2.05, 4.69) is 552 Å². The fourth-order valence-corrected chi connectivity index (χ4v) is 19.5. The van der Waals surface area contributed by atoms with Gasteiger partial charge in [-0.05, 0) is 245 Å².